The normalized spacial score (nSPS) is 16.9. The van der Waals surface area contributed by atoms with Gasteiger partial charge in [0.05, 0.1) is 10.0 Å². The molecule has 0 N–H and O–H groups in total. The van der Waals surface area contributed by atoms with Crippen molar-refractivity contribution in [1.82, 2.24) is 4.31 Å². The van der Waals surface area contributed by atoms with Crippen LogP contribution in [0.25, 0.3) is 0 Å². The number of methoxy groups -OCH3 is 1. The first kappa shape index (κ1) is 26.0. The van der Waals surface area contributed by atoms with E-state index in [9.17, 15) is 13.2 Å². The van der Waals surface area contributed by atoms with E-state index in [2.05, 4.69) is 0 Å². The van der Waals surface area contributed by atoms with Crippen LogP contribution in [0.4, 0.5) is 5.69 Å². The zero-order chi connectivity index (χ0) is 23.8. The molecule has 0 unspecified atom stereocenters. The maximum absolute atomic E-state index is 13.7. The average molecular weight is 513 g/mol. The molecule has 1 heterocycles. The second-order valence-electron chi connectivity index (χ2n) is 8.12. The average Bonchev–Trinajstić information content (AvgIpc) is 2.81. The molecule has 0 bridgehead atoms. The number of ether oxygens (including phenoxy) is 1. The number of benzene rings is 2. The van der Waals surface area contributed by atoms with Gasteiger partial charge in [-0.05, 0) is 36.6 Å². The molecule has 3 rings (SSSR count). The molecule has 9 heteroatoms. The smallest absolute Gasteiger partial charge is 0.252 e. The van der Waals surface area contributed by atoms with Crippen LogP contribution in [0.5, 0.6) is 0 Å². The number of hydrogen-bond acceptors (Lipinski definition) is 4. The van der Waals surface area contributed by atoms with Crippen molar-refractivity contribution in [2.45, 2.75) is 50.0 Å². The summed E-state index contributed by atoms with van der Waals surface area (Å²) in [7, 11) is -2.42. The number of hydrogen-bond donors (Lipinski definition) is 0. The van der Waals surface area contributed by atoms with Gasteiger partial charge in [-0.2, -0.15) is 4.31 Å². The summed E-state index contributed by atoms with van der Waals surface area (Å²) < 4.78 is 33.9. The van der Waals surface area contributed by atoms with E-state index in [4.69, 9.17) is 27.9 Å². The molecule has 2 aromatic carbocycles. The fraction of sp³-hybridized carbons (Fsp3) is 0.458. The fourth-order valence-electron chi connectivity index (χ4n) is 4.05. The van der Waals surface area contributed by atoms with Gasteiger partial charge in [-0.1, -0.05) is 73.2 Å². The predicted molar refractivity (Wildman–Crippen MR) is 132 cm³/mol. The Morgan fingerprint density at radius 2 is 1.61 bits per heavy atom. The molecular formula is C24H30Cl2N2O4S. The van der Waals surface area contributed by atoms with Crippen molar-refractivity contribution < 1.29 is 17.9 Å². The Balaban J connectivity index is 2.04. The van der Waals surface area contributed by atoms with Gasteiger partial charge < -0.3 is 9.64 Å². The molecule has 0 aliphatic carbocycles. The molecule has 33 heavy (non-hydrogen) atoms. The van der Waals surface area contributed by atoms with Gasteiger partial charge in [-0.15, -0.1) is 0 Å². The number of sulfonamides is 1. The first-order chi connectivity index (χ1) is 15.9. The zero-order valence-electron chi connectivity index (χ0n) is 18.8. The number of para-hydroxylation sites is 1. The van der Waals surface area contributed by atoms with E-state index in [1.165, 1.54) is 17.5 Å². The molecule has 0 spiro atoms. The molecule has 1 aliphatic rings. The van der Waals surface area contributed by atoms with E-state index < -0.39 is 10.0 Å². The predicted octanol–water partition coefficient (Wildman–Crippen LogP) is 5.52. The summed E-state index contributed by atoms with van der Waals surface area (Å²) in [5, 5.41) is 0.215. The van der Waals surface area contributed by atoms with Gasteiger partial charge in [0.15, 0.2) is 0 Å². The standard InChI is InChI=1S/C24H30Cl2N2O4S/c1-32-18-23(29)28-16-9-5-3-2-4-8-15-27(17-19-11-6-7-13-21(19)28)33(30,31)22-14-10-12-20(25)24(22)26/h6-7,10-14H,2-5,8-9,15-18H2,1H3. The highest BCUT2D eigenvalue weighted by Gasteiger charge is 2.29. The molecule has 0 saturated heterocycles. The third-order valence-electron chi connectivity index (χ3n) is 5.77. The number of anilines is 1. The first-order valence-electron chi connectivity index (χ1n) is 11.2. The molecule has 0 radical (unpaired) electrons. The van der Waals surface area contributed by atoms with Crippen molar-refractivity contribution in [2.75, 3.05) is 31.7 Å². The molecular weight excluding hydrogens is 483 g/mol. The van der Waals surface area contributed by atoms with E-state index in [0.717, 1.165) is 44.1 Å². The van der Waals surface area contributed by atoms with E-state index in [1.54, 1.807) is 17.0 Å². The van der Waals surface area contributed by atoms with Gasteiger partial charge in [0.2, 0.25) is 10.0 Å². The second kappa shape index (κ2) is 12.2. The summed E-state index contributed by atoms with van der Waals surface area (Å²) >= 11 is 12.4. The summed E-state index contributed by atoms with van der Waals surface area (Å²) in [6.45, 7) is 1.00. The first-order valence-corrected chi connectivity index (χ1v) is 13.4. The van der Waals surface area contributed by atoms with Crippen LogP contribution in [-0.4, -0.2) is 45.4 Å². The lowest BCUT2D eigenvalue weighted by molar-refractivity contribution is -0.122. The highest BCUT2D eigenvalue weighted by molar-refractivity contribution is 7.89. The highest BCUT2D eigenvalue weighted by atomic mass is 35.5. The Morgan fingerprint density at radius 1 is 0.939 bits per heavy atom. The van der Waals surface area contributed by atoms with Crippen molar-refractivity contribution in [3.63, 3.8) is 0 Å². The topological polar surface area (TPSA) is 66.9 Å². The molecule has 1 aliphatic heterocycles. The Bertz CT molecular complexity index is 1060. The minimum absolute atomic E-state index is 0.00854. The van der Waals surface area contributed by atoms with E-state index >= 15 is 0 Å². The largest absolute Gasteiger partial charge is 0.375 e. The summed E-state index contributed by atoms with van der Waals surface area (Å²) in [6.07, 6.45) is 5.63. The second-order valence-corrected chi connectivity index (χ2v) is 10.8. The number of carbonyl (C=O) groups excluding carboxylic acids is 1. The summed E-state index contributed by atoms with van der Waals surface area (Å²) in [6, 6.07) is 12.1. The Labute approximate surface area is 206 Å². The fourth-order valence-corrected chi connectivity index (χ4v) is 6.24. The summed E-state index contributed by atoms with van der Waals surface area (Å²) in [5.74, 6) is -0.146. The molecule has 2 aromatic rings. The Kier molecular flexibility index (Phi) is 9.58. The van der Waals surface area contributed by atoms with Crippen LogP contribution in [0.3, 0.4) is 0 Å². The number of halogens is 2. The minimum atomic E-state index is -3.91. The quantitative estimate of drug-likeness (QED) is 0.540. The highest BCUT2D eigenvalue weighted by Crippen LogP contribution is 2.33. The van der Waals surface area contributed by atoms with Gasteiger partial charge in [-0.25, -0.2) is 8.42 Å². The molecule has 0 fully saturated rings. The molecule has 0 aromatic heterocycles. The van der Waals surface area contributed by atoms with Crippen LogP contribution in [-0.2, 0) is 26.1 Å². The van der Waals surface area contributed by atoms with E-state index in [0.29, 0.717) is 18.8 Å². The van der Waals surface area contributed by atoms with Crippen LogP contribution < -0.4 is 4.90 Å². The number of amides is 1. The van der Waals surface area contributed by atoms with Gasteiger partial charge in [0, 0.05) is 32.4 Å². The lowest BCUT2D eigenvalue weighted by atomic mass is 10.1. The molecule has 1 amide bonds. The van der Waals surface area contributed by atoms with Crippen LogP contribution >= 0.6 is 23.2 Å². The lowest BCUT2D eigenvalue weighted by Gasteiger charge is -2.28. The van der Waals surface area contributed by atoms with Crippen LogP contribution in [0.2, 0.25) is 10.0 Å². The van der Waals surface area contributed by atoms with Crippen LogP contribution in [0, 0.1) is 0 Å². The zero-order valence-corrected chi connectivity index (χ0v) is 21.1. The maximum Gasteiger partial charge on any atom is 0.252 e. The summed E-state index contributed by atoms with van der Waals surface area (Å²) in [4.78, 5) is 14.6. The summed E-state index contributed by atoms with van der Waals surface area (Å²) in [5.41, 5.74) is 1.46. The number of nitrogens with zero attached hydrogens (tertiary/aromatic N) is 2. The van der Waals surface area contributed by atoms with Crippen molar-refractivity contribution >= 4 is 44.8 Å². The minimum Gasteiger partial charge on any atom is -0.375 e. The van der Waals surface area contributed by atoms with Crippen molar-refractivity contribution in [3.05, 3.63) is 58.1 Å². The van der Waals surface area contributed by atoms with Crippen molar-refractivity contribution in [2.24, 2.45) is 0 Å². The molecule has 6 nitrogen and oxygen atoms in total. The monoisotopic (exact) mass is 512 g/mol. The van der Waals surface area contributed by atoms with Crippen LogP contribution in [0.1, 0.15) is 44.1 Å². The third kappa shape index (κ3) is 6.49. The third-order valence-corrected chi connectivity index (χ3v) is 8.59. The molecule has 180 valence electrons. The molecule has 0 saturated carbocycles. The van der Waals surface area contributed by atoms with Crippen molar-refractivity contribution in [1.29, 1.82) is 0 Å². The van der Waals surface area contributed by atoms with Crippen LogP contribution in [0.15, 0.2) is 47.4 Å². The lowest BCUT2D eigenvalue weighted by Crippen LogP contribution is -2.37. The Hall–Kier alpha value is -1.64. The van der Waals surface area contributed by atoms with Gasteiger partial charge in [0.25, 0.3) is 5.91 Å². The van der Waals surface area contributed by atoms with Crippen molar-refractivity contribution in [3.8, 4) is 0 Å². The van der Waals surface area contributed by atoms with E-state index in [-0.39, 0.29) is 34.0 Å². The SMILES string of the molecule is COCC(=O)N1CCCCCCCCN(S(=O)(=O)c2cccc(Cl)c2Cl)Cc2ccccc21. The molecule has 0 atom stereocenters. The number of carbonyl (C=O) groups is 1. The number of rotatable bonds is 4. The number of fused-ring (bicyclic) bond motifs is 1. The van der Waals surface area contributed by atoms with Gasteiger partial charge in [-0.3, -0.25) is 4.79 Å². The van der Waals surface area contributed by atoms with Gasteiger partial charge in [0.1, 0.15) is 11.5 Å². The maximum atomic E-state index is 13.7. The Morgan fingerprint density at radius 3 is 2.33 bits per heavy atom. The van der Waals surface area contributed by atoms with Gasteiger partial charge >= 0.3 is 0 Å². The van der Waals surface area contributed by atoms with E-state index in [1.807, 2.05) is 24.3 Å².